The van der Waals surface area contributed by atoms with Crippen molar-refractivity contribution >= 4 is 27.6 Å². The predicted octanol–water partition coefficient (Wildman–Crippen LogP) is 4.76. The van der Waals surface area contributed by atoms with Crippen LogP contribution in [-0.2, 0) is 16.1 Å². The Morgan fingerprint density at radius 1 is 1.20 bits per heavy atom. The zero-order valence-corrected chi connectivity index (χ0v) is 15.7. The van der Waals surface area contributed by atoms with Gasteiger partial charge in [0.15, 0.2) is 0 Å². The molecule has 0 heterocycles. The maximum Gasteiger partial charge on any atom is 0.306 e. The molecule has 6 heteroatoms. The first-order valence-corrected chi connectivity index (χ1v) is 9.72. The first-order valence-electron chi connectivity index (χ1n) is 8.93. The molecule has 4 saturated carbocycles. The van der Waals surface area contributed by atoms with Crippen LogP contribution in [-0.4, -0.2) is 15.2 Å². The molecule has 4 fully saturated rings. The Kier molecular flexibility index (Phi) is 4.13. The van der Waals surface area contributed by atoms with Crippen LogP contribution in [0.4, 0.5) is 5.69 Å². The Labute approximate surface area is 155 Å². The van der Waals surface area contributed by atoms with Crippen molar-refractivity contribution in [2.45, 2.75) is 55.9 Å². The summed E-state index contributed by atoms with van der Waals surface area (Å²) in [5, 5.41) is 10.7. The molecule has 0 saturated heterocycles. The summed E-state index contributed by atoms with van der Waals surface area (Å²) in [5.74, 6) is 1.36. The molecular formula is C19H22BrNO4. The summed E-state index contributed by atoms with van der Waals surface area (Å²) in [6.07, 6.45) is 7.73. The average Bonchev–Trinajstić information content (AvgIpc) is 2.50. The minimum Gasteiger partial charge on any atom is -0.461 e. The second-order valence-electron chi connectivity index (χ2n) is 8.37. The molecular weight excluding hydrogens is 386 g/mol. The van der Waals surface area contributed by atoms with E-state index in [0.29, 0.717) is 6.42 Å². The van der Waals surface area contributed by atoms with E-state index >= 15 is 0 Å². The van der Waals surface area contributed by atoms with Crippen LogP contribution < -0.4 is 0 Å². The van der Waals surface area contributed by atoms with Crippen molar-refractivity contribution in [1.82, 2.24) is 0 Å². The normalized spacial score (nSPS) is 35.6. The van der Waals surface area contributed by atoms with Gasteiger partial charge in [-0.25, -0.2) is 0 Å². The zero-order chi connectivity index (χ0) is 17.7. The van der Waals surface area contributed by atoms with Crippen molar-refractivity contribution in [3.8, 4) is 0 Å². The van der Waals surface area contributed by atoms with Gasteiger partial charge in [0.25, 0.3) is 5.69 Å². The highest BCUT2D eigenvalue weighted by Crippen LogP contribution is 2.65. The highest BCUT2D eigenvalue weighted by atomic mass is 79.9. The maximum absolute atomic E-state index is 12.4. The van der Waals surface area contributed by atoms with Gasteiger partial charge in [0.05, 0.1) is 11.3 Å². The number of non-ortho nitro benzene ring substituents is 1. The highest BCUT2D eigenvalue weighted by molar-refractivity contribution is 9.10. The maximum atomic E-state index is 12.4. The van der Waals surface area contributed by atoms with Crippen LogP contribution in [0.2, 0.25) is 0 Å². The third-order valence-corrected chi connectivity index (χ3v) is 7.11. The molecule has 4 bridgehead atoms. The highest BCUT2D eigenvalue weighted by Gasteiger charge is 2.57. The van der Waals surface area contributed by atoms with E-state index in [0.717, 1.165) is 36.7 Å². The Balaban J connectivity index is 1.35. The van der Waals surface area contributed by atoms with E-state index in [4.69, 9.17) is 4.74 Å². The molecule has 0 spiro atoms. The Morgan fingerprint density at radius 2 is 1.84 bits per heavy atom. The van der Waals surface area contributed by atoms with Gasteiger partial charge in [-0.1, -0.05) is 15.9 Å². The van der Waals surface area contributed by atoms with Crippen LogP contribution in [0.1, 0.15) is 50.5 Å². The predicted molar refractivity (Wildman–Crippen MR) is 96.3 cm³/mol. The molecule has 5 nitrogen and oxygen atoms in total. The lowest BCUT2D eigenvalue weighted by Gasteiger charge is -2.60. The van der Waals surface area contributed by atoms with Crippen molar-refractivity contribution in [3.05, 3.63) is 39.9 Å². The number of carbonyl (C=O) groups excluding carboxylic acids is 1. The number of alkyl halides is 1. The minimum absolute atomic E-state index is 0.0475. The summed E-state index contributed by atoms with van der Waals surface area (Å²) in [4.78, 5) is 22.7. The zero-order valence-electron chi connectivity index (χ0n) is 14.1. The number of nitro groups is 1. The standard InChI is InChI=1S/C19H22BrNO4/c20-19-8-14-5-15(9-19)7-18(6-14,12-19)10-17(22)25-11-13-1-3-16(4-2-13)21(23)24/h1-4,14-15H,5-12H2/t14-,15-,18?,19?/m1/s1. The number of nitro benzene ring substituents is 1. The van der Waals surface area contributed by atoms with Crippen molar-refractivity contribution in [2.75, 3.05) is 0 Å². The number of hydrogen-bond acceptors (Lipinski definition) is 4. The molecule has 4 aliphatic carbocycles. The number of esters is 1. The summed E-state index contributed by atoms with van der Waals surface area (Å²) in [6.45, 7) is 0.180. The van der Waals surface area contributed by atoms with Gasteiger partial charge >= 0.3 is 5.97 Å². The SMILES string of the molecule is O=C(CC12C[C@H]3C[C@@H](CC(Br)(C3)C1)C2)OCc1ccc([N+](=O)[O-])cc1. The van der Waals surface area contributed by atoms with Gasteiger partial charge in [-0.3, -0.25) is 14.9 Å². The topological polar surface area (TPSA) is 69.4 Å². The van der Waals surface area contributed by atoms with E-state index in [1.165, 1.54) is 31.4 Å². The number of halogens is 1. The van der Waals surface area contributed by atoms with Crippen LogP contribution in [0.15, 0.2) is 24.3 Å². The van der Waals surface area contributed by atoms with Gasteiger partial charge < -0.3 is 4.74 Å². The number of nitrogens with zero attached hydrogens (tertiary/aromatic N) is 1. The van der Waals surface area contributed by atoms with Gasteiger partial charge in [-0.05, 0) is 73.5 Å². The average molecular weight is 408 g/mol. The quantitative estimate of drug-likeness (QED) is 0.305. The molecule has 0 N–H and O–H groups in total. The molecule has 0 unspecified atom stereocenters. The number of carbonyl (C=O) groups is 1. The second-order valence-corrected chi connectivity index (χ2v) is 10.1. The second kappa shape index (κ2) is 6.08. The Bertz CT molecular complexity index is 688. The van der Waals surface area contributed by atoms with E-state index in [1.807, 2.05) is 0 Å². The lowest BCUT2D eigenvalue weighted by molar-refractivity contribution is -0.384. The summed E-state index contributed by atoms with van der Waals surface area (Å²) in [5.41, 5.74) is 0.938. The van der Waals surface area contributed by atoms with Gasteiger partial charge in [0, 0.05) is 16.5 Å². The smallest absolute Gasteiger partial charge is 0.306 e. The molecule has 134 valence electrons. The van der Waals surface area contributed by atoms with Gasteiger partial charge in [-0.15, -0.1) is 0 Å². The number of rotatable bonds is 5. The van der Waals surface area contributed by atoms with Crippen LogP contribution in [0.5, 0.6) is 0 Å². The molecule has 0 aliphatic heterocycles. The number of benzene rings is 1. The van der Waals surface area contributed by atoms with E-state index in [-0.39, 0.29) is 28.0 Å². The molecule has 0 amide bonds. The van der Waals surface area contributed by atoms with Crippen LogP contribution in [0.25, 0.3) is 0 Å². The van der Waals surface area contributed by atoms with Crippen molar-refractivity contribution < 1.29 is 14.5 Å². The summed E-state index contributed by atoms with van der Waals surface area (Å²) < 4.78 is 5.72. The molecule has 1 aromatic rings. The Morgan fingerprint density at radius 3 is 2.40 bits per heavy atom. The fourth-order valence-corrected chi connectivity index (χ4v) is 7.29. The van der Waals surface area contributed by atoms with E-state index in [2.05, 4.69) is 15.9 Å². The fraction of sp³-hybridized carbons (Fsp3) is 0.632. The van der Waals surface area contributed by atoms with Crippen molar-refractivity contribution in [1.29, 1.82) is 0 Å². The summed E-state index contributed by atoms with van der Waals surface area (Å²) in [7, 11) is 0. The largest absolute Gasteiger partial charge is 0.461 e. The molecule has 1 aromatic carbocycles. The fourth-order valence-electron chi connectivity index (χ4n) is 5.78. The summed E-state index contributed by atoms with van der Waals surface area (Å²) in [6, 6.07) is 6.17. The Hall–Kier alpha value is -1.43. The lowest BCUT2D eigenvalue weighted by Crippen LogP contribution is -2.53. The van der Waals surface area contributed by atoms with E-state index in [9.17, 15) is 14.9 Å². The number of hydrogen-bond donors (Lipinski definition) is 0. The van der Waals surface area contributed by atoms with E-state index < -0.39 is 4.92 Å². The van der Waals surface area contributed by atoms with Crippen molar-refractivity contribution in [3.63, 3.8) is 0 Å². The lowest BCUT2D eigenvalue weighted by atomic mass is 9.49. The third-order valence-electron chi connectivity index (χ3n) is 6.18. The van der Waals surface area contributed by atoms with Crippen LogP contribution >= 0.6 is 15.9 Å². The summed E-state index contributed by atoms with van der Waals surface area (Å²) >= 11 is 3.97. The molecule has 0 aromatic heterocycles. The van der Waals surface area contributed by atoms with Crippen molar-refractivity contribution in [2.24, 2.45) is 17.3 Å². The molecule has 25 heavy (non-hydrogen) atoms. The molecule has 4 aliphatic rings. The van der Waals surface area contributed by atoms with Gasteiger partial charge in [-0.2, -0.15) is 0 Å². The first-order chi connectivity index (χ1) is 11.8. The van der Waals surface area contributed by atoms with Gasteiger partial charge in [0.2, 0.25) is 0 Å². The minimum atomic E-state index is -0.432. The third kappa shape index (κ3) is 3.46. The van der Waals surface area contributed by atoms with Crippen LogP contribution in [0.3, 0.4) is 0 Å². The van der Waals surface area contributed by atoms with E-state index in [1.54, 1.807) is 12.1 Å². The molecule has 5 rings (SSSR count). The molecule has 2 atom stereocenters. The van der Waals surface area contributed by atoms with Gasteiger partial charge in [0.1, 0.15) is 6.61 Å². The number of ether oxygens (including phenoxy) is 1. The molecule has 0 radical (unpaired) electrons. The monoisotopic (exact) mass is 407 g/mol. The van der Waals surface area contributed by atoms with Crippen LogP contribution in [0, 0.1) is 27.4 Å². The first kappa shape index (κ1) is 17.0.